The molecule has 0 aliphatic rings. The molecule has 3 heterocycles. The van der Waals surface area contributed by atoms with Crippen LogP contribution in [0, 0.1) is 0 Å². The molecule has 0 saturated heterocycles. The number of carbonyl (C=O) groups excluding carboxylic acids is 1. The molecule has 0 aliphatic heterocycles. The van der Waals surface area contributed by atoms with Crippen LogP contribution in [-0.2, 0) is 0 Å². The summed E-state index contributed by atoms with van der Waals surface area (Å²) < 4.78 is 2.90. The van der Waals surface area contributed by atoms with E-state index in [1.54, 1.807) is 34.2 Å². The van der Waals surface area contributed by atoms with Crippen molar-refractivity contribution in [2.75, 3.05) is 0 Å². The van der Waals surface area contributed by atoms with Gasteiger partial charge in [-0.05, 0) is 12.1 Å². The standard InChI is InChI=1S/C20H11BN2OS/c21-15-7-3-1-5-12(15)19(24)23-16-8-4-2-6-13(16)18-14-11-22-10-9-17(14)25-20(18)23/h1-11H. The summed E-state index contributed by atoms with van der Waals surface area (Å²) in [5.41, 5.74) is 1.89. The Morgan fingerprint density at radius 2 is 1.80 bits per heavy atom. The molecule has 0 aliphatic carbocycles. The summed E-state index contributed by atoms with van der Waals surface area (Å²) in [6.45, 7) is 0. The molecule has 0 fully saturated rings. The van der Waals surface area contributed by atoms with E-state index >= 15 is 0 Å². The van der Waals surface area contributed by atoms with Crippen LogP contribution in [0.1, 0.15) is 10.4 Å². The van der Waals surface area contributed by atoms with Crippen molar-refractivity contribution < 1.29 is 4.79 Å². The second-order valence-corrected chi connectivity index (χ2v) is 6.93. The molecular formula is C20H11BN2OS. The zero-order valence-corrected chi connectivity index (χ0v) is 14.0. The van der Waals surface area contributed by atoms with Gasteiger partial charge in [-0.2, -0.15) is 0 Å². The molecule has 3 nitrogen and oxygen atoms in total. The lowest BCUT2D eigenvalue weighted by Crippen LogP contribution is -2.20. The first-order valence-electron chi connectivity index (χ1n) is 7.90. The van der Waals surface area contributed by atoms with Crippen molar-refractivity contribution in [3.63, 3.8) is 0 Å². The fraction of sp³-hybridized carbons (Fsp3) is 0. The van der Waals surface area contributed by atoms with Crippen LogP contribution in [0.4, 0.5) is 0 Å². The Balaban J connectivity index is 1.94. The van der Waals surface area contributed by atoms with Crippen molar-refractivity contribution in [3.05, 3.63) is 72.6 Å². The molecule has 0 bridgehead atoms. The highest BCUT2D eigenvalue weighted by atomic mass is 32.1. The van der Waals surface area contributed by atoms with E-state index in [1.165, 1.54) is 0 Å². The average molecular weight is 338 g/mol. The van der Waals surface area contributed by atoms with E-state index in [-0.39, 0.29) is 5.91 Å². The van der Waals surface area contributed by atoms with Crippen LogP contribution in [-0.4, -0.2) is 23.3 Å². The van der Waals surface area contributed by atoms with Gasteiger partial charge in [0.15, 0.2) is 0 Å². The van der Waals surface area contributed by atoms with E-state index in [0.29, 0.717) is 11.0 Å². The maximum Gasteiger partial charge on any atom is 0.262 e. The third-order valence-corrected chi connectivity index (χ3v) is 5.64. The quantitative estimate of drug-likeness (QED) is 0.435. The smallest absolute Gasteiger partial charge is 0.262 e. The normalized spacial score (nSPS) is 11.5. The molecule has 0 N–H and O–H groups in total. The Kier molecular flexibility index (Phi) is 3.06. The van der Waals surface area contributed by atoms with Gasteiger partial charge in [0, 0.05) is 38.8 Å². The molecule has 5 heteroatoms. The number of thiophene rings is 1. The molecule has 2 radical (unpaired) electrons. The predicted molar refractivity (Wildman–Crippen MR) is 104 cm³/mol. The summed E-state index contributed by atoms with van der Waals surface area (Å²) in [5, 5.41) is 3.21. The maximum absolute atomic E-state index is 13.3. The highest BCUT2D eigenvalue weighted by molar-refractivity contribution is 7.25. The van der Waals surface area contributed by atoms with Crippen LogP contribution >= 0.6 is 11.3 Å². The number of hydrogen-bond donors (Lipinski definition) is 0. The molecule has 0 spiro atoms. The minimum Gasteiger partial charge on any atom is -0.268 e. The van der Waals surface area contributed by atoms with E-state index in [1.807, 2.05) is 42.6 Å². The van der Waals surface area contributed by atoms with Gasteiger partial charge in [0.25, 0.3) is 5.91 Å². The number of pyridine rings is 1. The van der Waals surface area contributed by atoms with Gasteiger partial charge in [-0.25, -0.2) is 0 Å². The summed E-state index contributed by atoms with van der Waals surface area (Å²) in [4.78, 5) is 18.5. The third-order valence-electron chi connectivity index (χ3n) is 4.48. The van der Waals surface area contributed by atoms with E-state index in [2.05, 4.69) is 11.1 Å². The summed E-state index contributed by atoms with van der Waals surface area (Å²) in [5.74, 6) is -0.108. The molecule has 25 heavy (non-hydrogen) atoms. The highest BCUT2D eigenvalue weighted by Crippen LogP contribution is 2.40. The molecule has 5 rings (SSSR count). The van der Waals surface area contributed by atoms with Crippen LogP contribution in [0.3, 0.4) is 0 Å². The first-order chi connectivity index (χ1) is 12.3. The van der Waals surface area contributed by atoms with Crippen molar-refractivity contribution in [1.29, 1.82) is 0 Å². The second-order valence-electron chi connectivity index (χ2n) is 5.90. The fourth-order valence-corrected chi connectivity index (χ4v) is 4.55. The van der Waals surface area contributed by atoms with Crippen LogP contribution in [0.25, 0.3) is 31.2 Å². The predicted octanol–water partition coefficient (Wildman–Crippen LogP) is 3.89. The minimum absolute atomic E-state index is 0.108. The highest BCUT2D eigenvalue weighted by Gasteiger charge is 2.21. The van der Waals surface area contributed by atoms with Gasteiger partial charge in [0.1, 0.15) is 12.7 Å². The Bertz CT molecular complexity index is 1290. The lowest BCUT2D eigenvalue weighted by Gasteiger charge is -2.08. The number of aromatic nitrogens is 2. The summed E-state index contributed by atoms with van der Waals surface area (Å²) in [6, 6.07) is 17.1. The van der Waals surface area contributed by atoms with Crippen molar-refractivity contribution in [2.45, 2.75) is 0 Å². The number of para-hydroxylation sites is 1. The number of benzene rings is 2. The Morgan fingerprint density at radius 1 is 1.00 bits per heavy atom. The lowest BCUT2D eigenvalue weighted by atomic mass is 9.90. The molecule has 116 valence electrons. The Morgan fingerprint density at radius 3 is 2.68 bits per heavy atom. The molecule has 5 aromatic rings. The van der Waals surface area contributed by atoms with Gasteiger partial charge in [-0.3, -0.25) is 14.3 Å². The molecule has 3 aromatic heterocycles. The third kappa shape index (κ3) is 1.99. The van der Waals surface area contributed by atoms with E-state index in [4.69, 9.17) is 7.85 Å². The molecule has 0 atom stereocenters. The Hall–Kier alpha value is -2.92. The van der Waals surface area contributed by atoms with E-state index in [0.717, 1.165) is 31.2 Å². The van der Waals surface area contributed by atoms with Gasteiger partial charge >= 0.3 is 0 Å². The first kappa shape index (κ1) is 14.4. The fourth-order valence-electron chi connectivity index (χ4n) is 3.35. The van der Waals surface area contributed by atoms with Crippen LogP contribution in [0.5, 0.6) is 0 Å². The Labute approximate surface area is 148 Å². The molecule has 0 amide bonds. The molecule has 2 aromatic carbocycles. The maximum atomic E-state index is 13.3. The topological polar surface area (TPSA) is 34.9 Å². The van der Waals surface area contributed by atoms with Crippen LogP contribution in [0.15, 0.2) is 67.0 Å². The average Bonchev–Trinajstić information content (AvgIpc) is 3.16. The number of rotatable bonds is 1. The largest absolute Gasteiger partial charge is 0.268 e. The van der Waals surface area contributed by atoms with Crippen LogP contribution < -0.4 is 5.46 Å². The molecular weight excluding hydrogens is 327 g/mol. The van der Waals surface area contributed by atoms with Gasteiger partial charge in [-0.1, -0.05) is 47.9 Å². The summed E-state index contributed by atoms with van der Waals surface area (Å²) >= 11 is 1.60. The van der Waals surface area contributed by atoms with Gasteiger partial charge < -0.3 is 0 Å². The first-order valence-corrected chi connectivity index (χ1v) is 8.72. The van der Waals surface area contributed by atoms with E-state index < -0.39 is 0 Å². The number of hydrogen-bond acceptors (Lipinski definition) is 3. The van der Waals surface area contributed by atoms with Gasteiger partial charge in [0.05, 0.1) is 5.52 Å². The van der Waals surface area contributed by atoms with E-state index in [9.17, 15) is 4.79 Å². The van der Waals surface area contributed by atoms with Crippen molar-refractivity contribution in [1.82, 2.24) is 9.55 Å². The number of carbonyl (C=O) groups is 1. The van der Waals surface area contributed by atoms with Gasteiger partial charge in [-0.15, -0.1) is 11.3 Å². The van der Waals surface area contributed by atoms with Crippen molar-refractivity contribution >= 4 is 61.8 Å². The van der Waals surface area contributed by atoms with Gasteiger partial charge in [0.2, 0.25) is 0 Å². The summed E-state index contributed by atoms with van der Waals surface area (Å²) in [6.07, 6.45) is 3.65. The zero-order valence-electron chi connectivity index (χ0n) is 13.1. The SMILES string of the molecule is [B]c1ccccc1C(=O)n1c2ccccc2c2c3cnccc3sc21. The lowest BCUT2D eigenvalue weighted by molar-refractivity contribution is 0.0971. The summed E-state index contributed by atoms with van der Waals surface area (Å²) in [7, 11) is 6.05. The number of fused-ring (bicyclic) bond motifs is 5. The zero-order chi connectivity index (χ0) is 17.0. The monoisotopic (exact) mass is 338 g/mol. The molecule has 0 saturated carbocycles. The minimum atomic E-state index is -0.108. The van der Waals surface area contributed by atoms with Crippen molar-refractivity contribution in [2.24, 2.45) is 0 Å². The molecule has 0 unspecified atom stereocenters. The second kappa shape index (κ2) is 5.29. The van der Waals surface area contributed by atoms with Crippen molar-refractivity contribution in [3.8, 4) is 0 Å². The van der Waals surface area contributed by atoms with Crippen LogP contribution in [0.2, 0.25) is 0 Å². The number of nitrogens with zero attached hydrogens (tertiary/aromatic N) is 2.